The lowest BCUT2D eigenvalue weighted by molar-refractivity contribution is -0.174. The van der Waals surface area contributed by atoms with Gasteiger partial charge in [0.15, 0.2) is 0 Å². The molecule has 0 aromatic heterocycles. The zero-order chi connectivity index (χ0) is 23.7. The van der Waals surface area contributed by atoms with Crippen LogP contribution in [0.25, 0.3) is 6.08 Å². The van der Waals surface area contributed by atoms with E-state index in [0.717, 1.165) is 17.3 Å². The first-order chi connectivity index (χ1) is 15.9. The van der Waals surface area contributed by atoms with Crippen molar-refractivity contribution in [2.24, 2.45) is 5.92 Å². The fourth-order valence-electron chi connectivity index (χ4n) is 3.21. The summed E-state index contributed by atoms with van der Waals surface area (Å²) < 4.78 is 16.0. The summed E-state index contributed by atoms with van der Waals surface area (Å²) in [4.78, 5) is 37.7. The summed E-state index contributed by atoms with van der Waals surface area (Å²) in [6.07, 6.45) is 4.43. The number of thioether (sulfide) groups is 1. The lowest BCUT2D eigenvalue weighted by Gasteiger charge is -2.28. The van der Waals surface area contributed by atoms with Crippen molar-refractivity contribution in [2.45, 2.75) is 25.5 Å². The van der Waals surface area contributed by atoms with Crippen molar-refractivity contribution in [1.82, 2.24) is 5.32 Å². The predicted octanol–water partition coefficient (Wildman–Crippen LogP) is 4.04. The molecule has 8 heteroatoms. The van der Waals surface area contributed by atoms with Gasteiger partial charge < -0.3 is 14.2 Å². The zero-order valence-electron chi connectivity index (χ0n) is 18.6. The highest BCUT2D eigenvalue weighted by atomic mass is 32.2. The summed E-state index contributed by atoms with van der Waals surface area (Å²) in [6.45, 7) is 2.19. The van der Waals surface area contributed by atoms with Gasteiger partial charge in [-0.15, -0.1) is 0 Å². The number of hydrogen-bond donors (Lipinski definition) is 1. The molecule has 2 atom stereocenters. The van der Waals surface area contributed by atoms with Gasteiger partial charge in [0, 0.05) is 17.7 Å². The third-order valence-electron chi connectivity index (χ3n) is 5.08. The van der Waals surface area contributed by atoms with Crippen molar-refractivity contribution >= 4 is 34.9 Å². The number of ether oxygens (including phenoxy) is 3. The van der Waals surface area contributed by atoms with E-state index >= 15 is 0 Å². The van der Waals surface area contributed by atoms with Crippen LogP contribution < -0.4 is 10.1 Å². The Morgan fingerprint density at radius 2 is 1.85 bits per heavy atom. The molecule has 1 aliphatic heterocycles. The topological polar surface area (TPSA) is 90.9 Å². The molecule has 7 nitrogen and oxygen atoms in total. The van der Waals surface area contributed by atoms with Gasteiger partial charge in [0.2, 0.25) is 5.12 Å². The Morgan fingerprint density at radius 1 is 1.12 bits per heavy atom. The van der Waals surface area contributed by atoms with Gasteiger partial charge in [-0.3, -0.25) is 14.9 Å². The number of benzene rings is 2. The number of nitrogens with one attached hydrogen (secondary N) is 1. The molecule has 0 spiro atoms. The smallest absolute Gasteiger partial charge is 0.374 e. The Balaban J connectivity index is 1.58. The molecule has 1 aliphatic rings. The second-order valence-corrected chi connectivity index (χ2v) is 8.63. The molecule has 33 heavy (non-hydrogen) atoms. The number of carbonyl (C=O) groups is 3. The van der Waals surface area contributed by atoms with E-state index in [1.165, 1.54) is 0 Å². The summed E-state index contributed by atoms with van der Waals surface area (Å²) >= 11 is 1.02. The van der Waals surface area contributed by atoms with Crippen molar-refractivity contribution in [2.75, 3.05) is 19.4 Å². The number of rotatable bonds is 9. The number of esters is 2. The summed E-state index contributed by atoms with van der Waals surface area (Å²) in [5, 5.41) is 2.90. The third kappa shape index (κ3) is 6.69. The molecule has 1 fully saturated rings. The van der Waals surface area contributed by atoms with Gasteiger partial charge in [-0.05, 0) is 36.7 Å². The van der Waals surface area contributed by atoms with Crippen molar-refractivity contribution < 1.29 is 28.6 Å². The van der Waals surface area contributed by atoms with Crippen molar-refractivity contribution in [1.29, 1.82) is 0 Å². The summed E-state index contributed by atoms with van der Waals surface area (Å²) in [6, 6.07) is 15.9. The van der Waals surface area contributed by atoms with Gasteiger partial charge in [-0.1, -0.05) is 61.2 Å². The SMILES string of the molecule is COC=Cc1ccc(O[C@@]2(C(=O)OC(=O)C(C)CSC(=O)c3ccccc3)CCCN2)cc1. The first kappa shape index (κ1) is 24.5. The molecular weight excluding hydrogens is 442 g/mol. The summed E-state index contributed by atoms with van der Waals surface area (Å²) in [5.74, 6) is -1.43. The van der Waals surface area contributed by atoms with Crippen molar-refractivity contribution in [3.8, 4) is 5.75 Å². The number of methoxy groups -OCH3 is 1. The molecular formula is C25H27NO6S. The first-order valence-electron chi connectivity index (χ1n) is 10.7. The van der Waals surface area contributed by atoms with Gasteiger partial charge in [0.25, 0.3) is 5.72 Å². The highest BCUT2D eigenvalue weighted by molar-refractivity contribution is 8.14. The molecule has 2 aromatic rings. The maximum absolute atomic E-state index is 12.9. The van der Waals surface area contributed by atoms with E-state index in [9.17, 15) is 14.4 Å². The second kappa shape index (κ2) is 11.7. The first-order valence-corrected chi connectivity index (χ1v) is 11.6. The second-order valence-electron chi connectivity index (χ2n) is 7.64. The molecule has 1 saturated heterocycles. The molecule has 0 radical (unpaired) electrons. The van der Waals surface area contributed by atoms with E-state index < -0.39 is 23.6 Å². The van der Waals surface area contributed by atoms with Crippen LogP contribution in [-0.4, -0.2) is 42.2 Å². The van der Waals surface area contributed by atoms with E-state index in [0.29, 0.717) is 30.7 Å². The fourth-order valence-corrected chi connectivity index (χ4v) is 4.05. The zero-order valence-corrected chi connectivity index (χ0v) is 19.4. The highest BCUT2D eigenvalue weighted by Crippen LogP contribution is 2.27. The third-order valence-corrected chi connectivity index (χ3v) is 6.25. The van der Waals surface area contributed by atoms with Gasteiger partial charge in [0.1, 0.15) is 5.75 Å². The Kier molecular flexibility index (Phi) is 8.68. The molecule has 0 aliphatic carbocycles. The van der Waals surface area contributed by atoms with Crippen LogP contribution in [0, 0.1) is 5.92 Å². The van der Waals surface area contributed by atoms with Crippen LogP contribution in [0.2, 0.25) is 0 Å². The van der Waals surface area contributed by atoms with E-state index in [4.69, 9.17) is 14.2 Å². The normalized spacial score (nSPS) is 18.6. The lowest BCUT2D eigenvalue weighted by Crippen LogP contribution is -2.54. The minimum Gasteiger partial charge on any atom is -0.504 e. The van der Waals surface area contributed by atoms with E-state index in [1.807, 2.05) is 18.2 Å². The quantitative estimate of drug-likeness (QED) is 0.334. The lowest BCUT2D eigenvalue weighted by atomic mass is 10.1. The minimum atomic E-state index is -1.42. The monoisotopic (exact) mass is 469 g/mol. The summed E-state index contributed by atoms with van der Waals surface area (Å²) in [5.41, 5.74) is 0.0452. The number of hydrogen-bond acceptors (Lipinski definition) is 8. The van der Waals surface area contributed by atoms with Crippen molar-refractivity contribution in [3.63, 3.8) is 0 Å². The Bertz CT molecular complexity index is 984. The maximum Gasteiger partial charge on any atom is 0.374 e. The van der Waals surface area contributed by atoms with Gasteiger partial charge in [-0.2, -0.15) is 0 Å². The standard InChI is InChI=1S/C25H27NO6S/c1-18(17-33-23(28)20-7-4-3-5-8-20)22(27)31-24(29)25(14-6-15-26-25)32-21-11-9-19(10-12-21)13-16-30-2/h3-5,7-13,16,18,26H,6,14-15,17H2,1-2H3/t18?,25-/m1/s1. The van der Waals surface area contributed by atoms with Gasteiger partial charge >= 0.3 is 11.9 Å². The molecule has 1 heterocycles. The van der Waals surface area contributed by atoms with Crippen LogP contribution in [0.4, 0.5) is 0 Å². The number of carbonyl (C=O) groups excluding carboxylic acids is 3. The van der Waals surface area contributed by atoms with Crippen molar-refractivity contribution in [3.05, 3.63) is 72.0 Å². The van der Waals surface area contributed by atoms with E-state index in [2.05, 4.69) is 5.32 Å². The minimum absolute atomic E-state index is 0.136. The molecule has 0 bridgehead atoms. The predicted molar refractivity (Wildman–Crippen MR) is 127 cm³/mol. The van der Waals surface area contributed by atoms with Gasteiger partial charge in [-0.25, -0.2) is 4.79 Å². The maximum atomic E-state index is 12.9. The Labute approximate surface area is 197 Å². The average Bonchev–Trinajstić information content (AvgIpc) is 3.32. The fraction of sp³-hybridized carbons (Fsp3) is 0.320. The molecule has 2 aromatic carbocycles. The van der Waals surface area contributed by atoms with Gasteiger partial charge in [0.05, 0.1) is 19.3 Å². The van der Waals surface area contributed by atoms with Crippen LogP contribution in [0.15, 0.2) is 60.9 Å². The average molecular weight is 470 g/mol. The molecule has 0 amide bonds. The highest BCUT2D eigenvalue weighted by Gasteiger charge is 2.46. The summed E-state index contributed by atoms with van der Waals surface area (Å²) in [7, 11) is 1.57. The molecule has 3 rings (SSSR count). The molecule has 1 N–H and O–H groups in total. The van der Waals surface area contributed by atoms with Crippen LogP contribution in [0.3, 0.4) is 0 Å². The van der Waals surface area contributed by atoms with E-state index in [-0.39, 0.29) is 10.9 Å². The Hall–Kier alpha value is -3.10. The van der Waals surface area contributed by atoms with Crippen LogP contribution in [-0.2, 0) is 19.1 Å². The van der Waals surface area contributed by atoms with E-state index in [1.54, 1.807) is 62.8 Å². The molecule has 0 saturated carbocycles. The molecule has 1 unspecified atom stereocenters. The van der Waals surface area contributed by atoms with Crippen LogP contribution in [0.5, 0.6) is 5.75 Å². The van der Waals surface area contributed by atoms with Crippen LogP contribution in [0.1, 0.15) is 35.7 Å². The van der Waals surface area contributed by atoms with Crippen LogP contribution >= 0.6 is 11.8 Å². The Morgan fingerprint density at radius 3 is 2.48 bits per heavy atom. The molecule has 174 valence electrons. The largest absolute Gasteiger partial charge is 0.504 e.